The first-order chi connectivity index (χ1) is 7.25. The number of rotatable bonds is 3. The number of halogens is 1. The predicted octanol–water partition coefficient (Wildman–Crippen LogP) is 2.98. The van der Waals surface area contributed by atoms with Crippen LogP contribution in [0.1, 0.15) is 11.3 Å². The summed E-state index contributed by atoms with van der Waals surface area (Å²) in [6, 6.07) is 5.80. The molecule has 0 unspecified atom stereocenters. The molecule has 0 amide bonds. The summed E-state index contributed by atoms with van der Waals surface area (Å²) in [7, 11) is 0. The smallest absolute Gasteiger partial charge is 0.0922 e. The highest BCUT2D eigenvalue weighted by Gasteiger charge is 1.99. The second-order valence-electron chi connectivity index (χ2n) is 3.39. The van der Waals surface area contributed by atoms with Crippen LogP contribution in [0.3, 0.4) is 0 Å². The number of aryl methyl sites for hydroxylation is 1. The number of aromatic amines is 1. The zero-order valence-electron chi connectivity index (χ0n) is 8.42. The van der Waals surface area contributed by atoms with Gasteiger partial charge in [-0.2, -0.15) is 0 Å². The number of nitrogens with one attached hydrogen (secondary N) is 2. The van der Waals surface area contributed by atoms with Crippen LogP contribution in [0.5, 0.6) is 0 Å². The van der Waals surface area contributed by atoms with Gasteiger partial charge in [0.15, 0.2) is 0 Å². The largest absolute Gasteiger partial charge is 0.379 e. The average molecular weight is 222 g/mol. The summed E-state index contributed by atoms with van der Waals surface area (Å²) in [6.45, 7) is 2.77. The van der Waals surface area contributed by atoms with E-state index in [9.17, 15) is 0 Å². The van der Waals surface area contributed by atoms with Gasteiger partial charge in [-0.1, -0.05) is 11.6 Å². The number of nitrogens with zero attached hydrogens (tertiary/aromatic N) is 1. The Morgan fingerprint density at radius 3 is 3.00 bits per heavy atom. The zero-order chi connectivity index (χ0) is 10.7. The number of hydrogen-bond acceptors (Lipinski definition) is 2. The molecule has 0 saturated carbocycles. The van der Waals surface area contributed by atoms with Gasteiger partial charge in [-0.15, -0.1) is 0 Å². The molecule has 1 heterocycles. The van der Waals surface area contributed by atoms with Crippen molar-refractivity contribution in [2.75, 3.05) is 5.32 Å². The Morgan fingerprint density at radius 1 is 1.47 bits per heavy atom. The summed E-state index contributed by atoms with van der Waals surface area (Å²) in [5, 5.41) is 4.08. The molecule has 0 saturated heterocycles. The lowest BCUT2D eigenvalue weighted by Crippen LogP contribution is -2.00. The fraction of sp³-hybridized carbons (Fsp3) is 0.182. The van der Waals surface area contributed by atoms with Crippen molar-refractivity contribution in [1.82, 2.24) is 9.97 Å². The van der Waals surface area contributed by atoms with E-state index >= 15 is 0 Å². The minimum atomic E-state index is 0.739. The van der Waals surface area contributed by atoms with Gasteiger partial charge in [0.25, 0.3) is 0 Å². The number of anilines is 1. The normalized spacial score (nSPS) is 10.3. The number of H-pyrrole nitrogens is 1. The fourth-order valence-corrected chi connectivity index (χ4v) is 1.62. The molecule has 0 aliphatic heterocycles. The minimum Gasteiger partial charge on any atom is -0.379 e. The van der Waals surface area contributed by atoms with Crippen LogP contribution >= 0.6 is 11.6 Å². The maximum Gasteiger partial charge on any atom is 0.0922 e. The van der Waals surface area contributed by atoms with Crippen LogP contribution in [0.15, 0.2) is 30.7 Å². The van der Waals surface area contributed by atoms with E-state index in [1.807, 2.05) is 25.1 Å². The molecule has 2 rings (SSSR count). The minimum absolute atomic E-state index is 0.739. The summed E-state index contributed by atoms with van der Waals surface area (Å²) in [6.07, 6.45) is 3.48. The van der Waals surface area contributed by atoms with Gasteiger partial charge in [0.1, 0.15) is 0 Å². The first-order valence-electron chi connectivity index (χ1n) is 4.73. The van der Waals surface area contributed by atoms with Gasteiger partial charge in [0.05, 0.1) is 18.6 Å². The van der Waals surface area contributed by atoms with E-state index in [0.717, 1.165) is 28.5 Å². The third-order valence-corrected chi connectivity index (χ3v) is 2.45. The van der Waals surface area contributed by atoms with Crippen LogP contribution in [0.2, 0.25) is 5.02 Å². The SMILES string of the molecule is Cc1cc(Cl)ccc1NCc1cnc[nH]1. The quantitative estimate of drug-likeness (QED) is 0.837. The lowest BCUT2D eigenvalue weighted by Gasteiger charge is -2.08. The van der Waals surface area contributed by atoms with E-state index in [2.05, 4.69) is 15.3 Å². The summed E-state index contributed by atoms with van der Waals surface area (Å²) >= 11 is 5.87. The van der Waals surface area contributed by atoms with Crippen molar-refractivity contribution in [2.24, 2.45) is 0 Å². The first-order valence-corrected chi connectivity index (χ1v) is 5.11. The van der Waals surface area contributed by atoms with Crippen LogP contribution in [0, 0.1) is 6.92 Å². The maximum absolute atomic E-state index is 5.87. The van der Waals surface area contributed by atoms with Crippen molar-refractivity contribution in [3.05, 3.63) is 47.0 Å². The van der Waals surface area contributed by atoms with Crippen LogP contribution in [0.4, 0.5) is 5.69 Å². The number of imidazole rings is 1. The second kappa shape index (κ2) is 4.36. The third-order valence-electron chi connectivity index (χ3n) is 2.21. The molecule has 2 aromatic rings. The Bertz CT molecular complexity index is 437. The van der Waals surface area contributed by atoms with Crippen LogP contribution in [0.25, 0.3) is 0 Å². The van der Waals surface area contributed by atoms with E-state index < -0.39 is 0 Å². The van der Waals surface area contributed by atoms with E-state index in [4.69, 9.17) is 11.6 Å². The fourth-order valence-electron chi connectivity index (χ4n) is 1.40. The van der Waals surface area contributed by atoms with Crippen molar-refractivity contribution >= 4 is 17.3 Å². The monoisotopic (exact) mass is 221 g/mol. The Hall–Kier alpha value is -1.48. The summed E-state index contributed by atoms with van der Waals surface area (Å²) in [5.41, 5.74) is 3.29. The number of aromatic nitrogens is 2. The first kappa shape index (κ1) is 10.1. The Labute approximate surface area is 93.5 Å². The molecule has 0 radical (unpaired) electrons. The van der Waals surface area contributed by atoms with Crippen molar-refractivity contribution in [3.8, 4) is 0 Å². The van der Waals surface area contributed by atoms with Crippen LogP contribution in [-0.4, -0.2) is 9.97 Å². The summed E-state index contributed by atoms with van der Waals surface area (Å²) in [5.74, 6) is 0. The molecule has 0 aliphatic carbocycles. The molecule has 15 heavy (non-hydrogen) atoms. The molecule has 4 heteroatoms. The third kappa shape index (κ3) is 2.50. The topological polar surface area (TPSA) is 40.7 Å². The summed E-state index contributed by atoms with van der Waals surface area (Å²) < 4.78 is 0. The van der Waals surface area contributed by atoms with E-state index in [-0.39, 0.29) is 0 Å². The molecule has 2 N–H and O–H groups in total. The van der Waals surface area contributed by atoms with E-state index in [1.54, 1.807) is 12.5 Å². The molecular formula is C11H12ClN3. The zero-order valence-corrected chi connectivity index (χ0v) is 9.17. The lowest BCUT2D eigenvalue weighted by atomic mass is 10.2. The predicted molar refractivity (Wildman–Crippen MR) is 62.1 cm³/mol. The van der Waals surface area contributed by atoms with Crippen molar-refractivity contribution in [3.63, 3.8) is 0 Å². The van der Waals surface area contributed by atoms with Gasteiger partial charge in [0, 0.05) is 16.9 Å². The standard InChI is InChI=1S/C11H12ClN3/c1-8-4-9(12)2-3-11(8)14-6-10-5-13-7-15-10/h2-5,7,14H,6H2,1H3,(H,13,15). The molecule has 1 aromatic heterocycles. The number of hydrogen-bond donors (Lipinski definition) is 2. The Morgan fingerprint density at radius 2 is 2.33 bits per heavy atom. The van der Waals surface area contributed by atoms with Gasteiger partial charge < -0.3 is 10.3 Å². The average Bonchev–Trinajstić information content (AvgIpc) is 2.69. The molecule has 0 fully saturated rings. The molecule has 0 aliphatic rings. The number of benzene rings is 1. The maximum atomic E-state index is 5.87. The second-order valence-corrected chi connectivity index (χ2v) is 3.83. The summed E-state index contributed by atoms with van der Waals surface area (Å²) in [4.78, 5) is 6.99. The van der Waals surface area contributed by atoms with Crippen molar-refractivity contribution < 1.29 is 0 Å². The van der Waals surface area contributed by atoms with Crippen molar-refractivity contribution in [1.29, 1.82) is 0 Å². The van der Waals surface area contributed by atoms with Crippen LogP contribution in [-0.2, 0) is 6.54 Å². The lowest BCUT2D eigenvalue weighted by molar-refractivity contribution is 1.07. The van der Waals surface area contributed by atoms with Crippen molar-refractivity contribution in [2.45, 2.75) is 13.5 Å². The van der Waals surface area contributed by atoms with Gasteiger partial charge in [0.2, 0.25) is 0 Å². The molecule has 0 spiro atoms. The molecule has 1 aromatic carbocycles. The molecule has 0 atom stereocenters. The van der Waals surface area contributed by atoms with Gasteiger partial charge in [-0.05, 0) is 30.7 Å². The molecule has 0 bridgehead atoms. The highest BCUT2D eigenvalue weighted by atomic mass is 35.5. The van der Waals surface area contributed by atoms with Gasteiger partial charge in [-0.3, -0.25) is 0 Å². The highest BCUT2D eigenvalue weighted by molar-refractivity contribution is 6.30. The van der Waals surface area contributed by atoms with Gasteiger partial charge in [-0.25, -0.2) is 4.98 Å². The van der Waals surface area contributed by atoms with Gasteiger partial charge >= 0.3 is 0 Å². The molecule has 78 valence electrons. The Kier molecular flexibility index (Phi) is 2.92. The van der Waals surface area contributed by atoms with Crippen LogP contribution < -0.4 is 5.32 Å². The molecule has 3 nitrogen and oxygen atoms in total. The highest BCUT2D eigenvalue weighted by Crippen LogP contribution is 2.19. The molecular weight excluding hydrogens is 210 g/mol. The Balaban J connectivity index is 2.05. The van der Waals surface area contributed by atoms with E-state index in [0.29, 0.717) is 0 Å². The van der Waals surface area contributed by atoms with E-state index in [1.165, 1.54) is 0 Å².